The zero-order chi connectivity index (χ0) is 25.3. The van der Waals surface area contributed by atoms with Gasteiger partial charge in [0.15, 0.2) is 11.5 Å². The molecule has 2 N–H and O–H groups in total. The molecule has 0 bridgehead atoms. The van der Waals surface area contributed by atoms with Crippen LogP contribution in [0.1, 0.15) is 58.2 Å². The van der Waals surface area contributed by atoms with Crippen LogP contribution in [0.3, 0.4) is 0 Å². The molecule has 5 rings (SSSR count). The van der Waals surface area contributed by atoms with E-state index in [0.29, 0.717) is 5.41 Å². The fraction of sp³-hybridized carbons (Fsp3) is 0.387. The van der Waals surface area contributed by atoms with Crippen LogP contribution in [0.4, 0.5) is 5.69 Å². The molecule has 0 radical (unpaired) electrons. The number of fused-ring (bicyclic) bond motifs is 1. The van der Waals surface area contributed by atoms with Crippen LogP contribution in [-0.4, -0.2) is 19.2 Å². The summed E-state index contributed by atoms with van der Waals surface area (Å²) in [5.41, 5.74) is 6.40. The summed E-state index contributed by atoms with van der Waals surface area (Å²) in [5, 5.41) is 6.73. The van der Waals surface area contributed by atoms with Gasteiger partial charge in [-0.05, 0) is 90.2 Å². The zero-order valence-corrected chi connectivity index (χ0v) is 21.7. The van der Waals surface area contributed by atoms with Crippen molar-refractivity contribution in [1.29, 1.82) is 0 Å². The number of carbonyl (C=O) groups excluding carboxylic acids is 1. The second kappa shape index (κ2) is 9.62. The van der Waals surface area contributed by atoms with Crippen molar-refractivity contribution in [2.45, 2.75) is 58.9 Å². The van der Waals surface area contributed by atoms with Crippen molar-refractivity contribution in [2.24, 2.45) is 5.41 Å². The minimum atomic E-state index is -0.492. The number of aryl methyl sites for hydroxylation is 1. The summed E-state index contributed by atoms with van der Waals surface area (Å²) in [7, 11) is 0. The molecule has 0 unspecified atom stereocenters. The normalized spacial score (nSPS) is 15.6. The highest BCUT2D eigenvalue weighted by Crippen LogP contribution is 2.51. The maximum atomic E-state index is 13.4. The molecule has 1 aliphatic heterocycles. The predicted octanol–water partition coefficient (Wildman–Crippen LogP) is 6.83. The maximum Gasteiger partial charge on any atom is 0.235 e. The van der Waals surface area contributed by atoms with E-state index in [0.717, 1.165) is 66.2 Å². The first-order valence-electron chi connectivity index (χ1n) is 12.9. The molecule has 3 aromatic carbocycles. The van der Waals surface area contributed by atoms with E-state index in [1.54, 1.807) is 0 Å². The molecule has 0 atom stereocenters. The van der Waals surface area contributed by atoms with Crippen molar-refractivity contribution in [1.82, 2.24) is 5.32 Å². The molecule has 1 amide bonds. The van der Waals surface area contributed by atoms with Crippen molar-refractivity contribution in [3.05, 3.63) is 77.4 Å². The van der Waals surface area contributed by atoms with Crippen molar-refractivity contribution < 1.29 is 15.7 Å². The van der Waals surface area contributed by atoms with Crippen molar-refractivity contribution in [2.75, 3.05) is 18.7 Å². The molecule has 0 spiro atoms. The van der Waals surface area contributed by atoms with Gasteiger partial charge in [0.1, 0.15) is 0 Å². The summed E-state index contributed by atoms with van der Waals surface area (Å²) < 4.78 is 11.0. The molecule has 36 heavy (non-hydrogen) atoms. The van der Waals surface area contributed by atoms with Crippen LogP contribution in [-0.2, 0) is 16.8 Å². The number of benzene rings is 3. The van der Waals surface area contributed by atoms with Crippen LogP contribution >= 0.6 is 0 Å². The lowest BCUT2D eigenvalue weighted by molar-refractivity contribution is -0.118. The average Bonchev–Trinajstić information content (AvgIpc) is 3.54. The number of anilines is 1. The van der Waals surface area contributed by atoms with E-state index in [4.69, 9.17) is 9.47 Å². The van der Waals surface area contributed by atoms with E-state index in [1.807, 2.05) is 24.3 Å². The van der Waals surface area contributed by atoms with Gasteiger partial charge in [0.05, 0.1) is 5.41 Å². The SMILES string of the molecule is Cc1ccc(NC(=O)C2(c3ccc4c(c3)OCO4)CC2)cc1-c1ccc(CNCCC(C)(C)C)cc1.[HH]. The highest BCUT2D eigenvalue weighted by atomic mass is 16.7. The number of hydrogen-bond donors (Lipinski definition) is 2. The quantitative estimate of drug-likeness (QED) is 0.343. The van der Waals surface area contributed by atoms with E-state index < -0.39 is 5.41 Å². The third-order valence-electron chi connectivity index (χ3n) is 7.25. The fourth-order valence-electron chi connectivity index (χ4n) is 4.73. The van der Waals surface area contributed by atoms with Gasteiger partial charge in [-0.1, -0.05) is 57.2 Å². The largest absolute Gasteiger partial charge is 0.454 e. The van der Waals surface area contributed by atoms with Gasteiger partial charge < -0.3 is 20.1 Å². The van der Waals surface area contributed by atoms with E-state index >= 15 is 0 Å². The van der Waals surface area contributed by atoms with E-state index in [2.05, 4.69) is 74.7 Å². The molecule has 1 heterocycles. The van der Waals surface area contributed by atoms with Crippen molar-refractivity contribution in [3.8, 4) is 22.6 Å². The van der Waals surface area contributed by atoms with Gasteiger partial charge in [-0.3, -0.25) is 4.79 Å². The highest BCUT2D eigenvalue weighted by Gasteiger charge is 2.51. The van der Waals surface area contributed by atoms with Gasteiger partial charge >= 0.3 is 0 Å². The number of rotatable bonds is 8. The summed E-state index contributed by atoms with van der Waals surface area (Å²) in [6.45, 7) is 11.0. The van der Waals surface area contributed by atoms with Crippen molar-refractivity contribution >= 4 is 11.6 Å². The third kappa shape index (κ3) is 5.26. The first kappa shape index (κ1) is 24.4. The Hall–Kier alpha value is -3.31. The minimum absolute atomic E-state index is 0. The summed E-state index contributed by atoms with van der Waals surface area (Å²) >= 11 is 0. The summed E-state index contributed by atoms with van der Waals surface area (Å²) in [6, 6.07) is 20.7. The molecule has 1 fully saturated rings. The van der Waals surface area contributed by atoms with Crippen LogP contribution in [0, 0.1) is 12.3 Å². The first-order valence-corrected chi connectivity index (χ1v) is 12.9. The number of hydrogen-bond acceptors (Lipinski definition) is 4. The molecule has 5 nitrogen and oxygen atoms in total. The van der Waals surface area contributed by atoms with Gasteiger partial charge in [-0.2, -0.15) is 0 Å². The molecule has 5 heteroatoms. The van der Waals surface area contributed by atoms with Gasteiger partial charge in [0.2, 0.25) is 12.7 Å². The molecule has 1 saturated carbocycles. The minimum Gasteiger partial charge on any atom is -0.454 e. The lowest BCUT2D eigenvalue weighted by atomic mass is 9.92. The zero-order valence-electron chi connectivity index (χ0n) is 21.7. The number of ether oxygens (including phenoxy) is 2. The summed E-state index contributed by atoms with van der Waals surface area (Å²) in [5.74, 6) is 1.50. The monoisotopic (exact) mass is 486 g/mol. The van der Waals surface area contributed by atoms with Gasteiger partial charge in [0.25, 0.3) is 0 Å². The lowest BCUT2D eigenvalue weighted by Crippen LogP contribution is -2.27. The Morgan fingerprint density at radius 1 is 0.972 bits per heavy atom. The molecule has 2 aliphatic rings. The number of amides is 1. The van der Waals surface area contributed by atoms with Crippen LogP contribution < -0.4 is 20.1 Å². The molecule has 0 saturated heterocycles. The molecule has 3 aromatic rings. The van der Waals surface area contributed by atoms with Gasteiger partial charge in [-0.25, -0.2) is 0 Å². The van der Waals surface area contributed by atoms with E-state index in [-0.39, 0.29) is 14.1 Å². The Balaban J connectivity index is 0.00000320. The molecule has 190 valence electrons. The molecule has 0 aromatic heterocycles. The van der Waals surface area contributed by atoms with Crippen LogP contribution in [0.15, 0.2) is 60.7 Å². The molecular weight excluding hydrogens is 448 g/mol. The standard InChI is InChI=1S/C31H36N2O3.H2/c1-21-5-11-25(18-26(21)23-8-6-22(7-9-23)19-32-16-15-30(2,3)4)33-29(34)31(13-14-31)24-10-12-27-28(17-24)36-20-35-27;/h5-12,17-18,32H,13-16,19-20H2,1-4H3,(H,33,34);1H. The lowest BCUT2D eigenvalue weighted by Gasteiger charge is -2.18. The molecular formula is C31H38N2O3. The third-order valence-corrected chi connectivity index (χ3v) is 7.25. The smallest absolute Gasteiger partial charge is 0.235 e. The van der Waals surface area contributed by atoms with Crippen molar-refractivity contribution in [3.63, 3.8) is 0 Å². The maximum absolute atomic E-state index is 13.4. The second-order valence-electron chi connectivity index (χ2n) is 11.3. The second-order valence-corrected chi connectivity index (χ2v) is 11.3. The first-order chi connectivity index (χ1) is 17.2. The van der Waals surface area contributed by atoms with Crippen LogP contribution in [0.5, 0.6) is 11.5 Å². The number of nitrogens with one attached hydrogen (secondary N) is 2. The summed E-state index contributed by atoms with van der Waals surface area (Å²) in [6.07, 6.45) is 2.82. The number of carbonyl (C=O) groups is 1. The topological polar surface area (TPSA) is 59.6 Å². The van der Waals surface area contributed by atoms with Crippen LogP contribution in [0.25, 0.3) is 11.1 Å². The fourth-order valence-corrected chi connectivity index (χ4v) is 4.73. The Morgan fingerprint density at radius 2 is 1.72 bits per heavy atom. The average molecular weight is 487 g/mol. The highest BCUT2D eigenvalue weighted by molar-refractivity contribution is 6.02. The van der Waals surface area contributed by atoms with Gasteiger partial charge in [-0.15, -0.1) is 0 Å². The Labute approximate surface area is 215 Å². The Morgan fingerprint density at radius 3 is 2.44 bits per heavy atom. The molecule has 1 aliphatic carbocycles. The Bertz CT molecular complexity index is 1260. The van der Waals surface area contributed by atoms with Gasteiger partial charge in [0, 0.05) is 13.7 Å². The van der Waals surface area contributed by atoms with E-state index in [1.165, 1.54) is 11.1 Å². The predicted molar refractivity (Wildman–Crippen MR) is 147 cm³/mol. The summed E-state index contributed by atoms with van der Waals surface area (Å²) in [4.78, 5) is 13.4. The van der Waals surface area contributed by atoms with Crippen LogP contribution in [0.2, 0.25) is 0 Å². The Kier molecular flexibility index (Phi) is 6.52. The van der Waals surface area contributed by atoms with E-state index in [9.17, 15) is 4.79 Å².